The maximum absolute atomic E-state index is 11.2. The molecule has 1 saturated heterocycles. The van der Waals surface area contributed by atoms with Crippen LogP contribution in [0, 0.1) is 0 Å². The van der Waals surface area contributed by atoms with E-state index in [1.807, 2.05) is 12.1 Å². The van der Waals surface area contributed by atoms with Gasteiger partial charge in [-0.2, -0.15) is 0 Å². The maximum atomic E-state index is 11.2. The van der Waals surface area contributed by atoms with E-state index in [2.05, 4.69) is 17.4 Å². The third kappa shape index (κ3) is 1.12. The Morgan fingerprint density at radius 3 is 3.11 bits per heavy atom. The van der Waals surface area contributed by atoms with Gasteiger partial charge in [0.25, 0.3) is 0 Å². The summed E-state index contributed by atoms with van der Waals surface area (Å²) in [4.78, 5) is 0. The number of hydrogen-bond acceptors (Lipinski definition) is 3. The highest BCUT2D eigenvalue weighted by Gasteiger charge is 2.63. The second-order valence-corrected chi connectivity index (χ2v) is 5.92. The zero-order chi connectivity index (χ0) is 12.2. The first kappa shape index (κ1) is 10.8. The normalized spacial score (nSPS) is 41.5. The molecule has 2 fully saturated rings. The van der Waals surface area contributed by atoms with Crippen molar-refractivity contribution >= 4 is 0 Å². The highest BCUT2D eigenvalue weighted by molar-refractivity contribution is 5.49. The lowest BCUT2D eigenvalue weighted by Crippen LogP contribution is -2.67. The fourth-order valence-corrected chi connectivity index (χ4v) is 4.38. The Hall–Kier alpha value is -1.06. The molecule has 0 amide bonds. The molecule has 3 nitrogen and oxygen atoms in total. The Bertz CT molecular complexity index is 485. The predicted octanol–water partition coefficient (Wildman–Crippen LogP) is 1.59. The molecule has 0 aromatic heterocycles. The van der Waals surface area contributed by atoms with Crippen LogP contribution in [0.4, 0.5) is 0 Å². The molecule has 18 heavy (non-hydrogen) atoms. The van der Waals surface area contributed by atoms with E-state index in [1.165, 1.54) is 5.56 Å². The second kappa shape index (κ2) is 3.49. The minimum Gasteiger partial charge on any atom is -0.489 e. The Morgan fingerprint density at radius 1 is 1.28 bits per heavy atom. The van der Waals surface area contributed by atoms with Gasteiger partial charge in [-0.1, -0.05) is 18.2 Å². The molecule has 3 atom stereocenters. The van der Waals surface area contributed by atoms with E-state index in [0.717, 1.165) is 38.0 Å². The zero-order valence-electron chi connectivity index (χ0n) is 10.5. The molecule has 0 bridgehead atoms. The molecular weight excluding hydrogens is 226 g/mol. The van der Waals surface area contributed by atoms with Gasteiger partial charge >= 0.3 is 0 Å². The highest BCUT2D eigenvalue weighted by Crippen LogP contribution is 2.57. The van der Waals surface area contributed by atoms with Crippen molar-refractivity contribution in [3.05, 3.63) is 29.8 Å². The van der Waals surface area contributed by atoms with Gasteiger partial charge in [-0.25, -0.2) is 0 Å². The molecule has 1 spiro atoms. The maximum Gasteiger partial charge on any atom is 0.123 e. The van der Waals surface area contributed by atoms with Gasteiger partial charge in [0.1, 0.15) is 11.9 Å². The number of aliphatic hydroxyl groups is 1. The molecule has 2 heterocycles. The summed E-state index contributed by atoms with van der Waals surface area (Å²) in [7, 11) is 0. The van der Waals surface area contributed by atoms with Gasteiger partial charge in [-0.05, 0) is 38.3 Å². The molecule has 3 heteroatoms. The van der Waals surface area contributed by atoms with Crippen molar-refractivity contribution in [2.45, 2.75) is 42.8 Å². The van der Waals surface area contributed by atoms with Gasteiger partial charge in [-0.3, -0.25) is 0 Å². The number of piperidine rings is 1. The minimum atomic E-state index is -0.638. The first-order valence-corrected chi connectivity index (χ1v) is 6.96. The summed E-state index contributed by atoms with van der Waals surface area (Å²) >= 11 is 0. The molecule has 4 rings (SSSR count). The van der Waals surface area contributed by atoms with Crippen LogP contribution in [0.3, 0.4) is 0 Å². The average molecular weight is 245 g/mol. The summed E-state index contributed by atoms with van der Waals surface area (Å²) in [6.45, 7) is 1.66. The third-order valence-electron chi connectivity index (χ3n) is 5.19. The number of ether oxygens (including phenoxy) is 1. The van der Waals surface area contributed by atoms with Crippen LogP contribution in [0.2, 0.25) is 0 Å². The predicted molar refractivity (Wildman–Crippen MR) is 68.8 cm³/mol. The highest BCUT2D eigenvalue weighted by atomic mass is 16.5. The van der Waals surface area contributed by atoms with Gasteiger partial charge in [0.05, 0.1) is 11.0 Å². The van der Waals surface area contributed by atoms with Gasteiger partial charge in [-0.15, -0.1) is 0 Å². The number of benzene rings is 1. The Morgan fingerprint density at radius 2 is 2.17 bits per heavy atom. The summed E-state index contributed by atoms with van der Waals surface area (Å²) in [5.41, 5.74) is 0.423. The van der Waals surface area contributed by atoms with E-state index in [1.54, 1.807) is 0 Å². The first-order valence-electron chi connectivity index (χ1n) is 6.96. The number of para-hydroxylation sites is 1. The van der Waals surface area contributed by atoms with Crippen molar-refractivity contribution in [1.29, 1.82) is 0 Å². The van der Waals surface area contributed by atoms with E-state index in [-0.39, 0.29) is 11.5 Å². The lowest BCUT2D eigenvalue weighted by atomic mass is 9.56. The summed E-state index contributed by atoms with van der Waals surface area (Å²) < 4.78 is 6.15. The van der Waals surface area contributed by atoms with Crippen molar-refractivity contribution < 1.29 is 9.84 Å². The average Bonchev–Trinajstić information content (AvgIpc) is 2.71. The number of fused-ring (bicyclic) bond motifs is 1. The molecule has 2 aliphatic heterocycles. The topological polar surface area (TPSA) is 41.5 Å². The number of nitrogens with one attached hydrogen (secondary N) is 1. The van der Waals surface area contributed by atoms with E-state index in [0.29, 0.717) is 6.54 Å². The molecule has 1 saturated carbocycles. The molecule has 0 radical (unpaired) electrons. The number of β-amino-alcohol motifs (C(OH)–C–C–N with tert-alkyl or cyclic N) is 1. The Labute approximate surface area is 107 Å². The van der Waals surface area contributed by atoms with Crippen molar-refractivity contribution in [2.24, 2.45) is 0 Å². The quantitative estimate of drug-likeness (QED) is 0.729. The van der Waals surface area contributed by atoms with Crippen LogP contribution in [0.1, 0.15) is 31.2 Å². The van der Waals surface area contributed by atoms with Crippen LogP contribution in [-0.2, 0) is 5.41 Å². The van der Waals surface area contributed by atoms with Crippen molar-refractivity contribution in [2.75, 3.05) is 13.1 Å². The number of rotatable bonds is 0. The minimum absolute atomic E-state index is 0.163. The second-order valence-electron chi connectivity index (χ2n) is 5.92. The lowest BCUT2D eigenvalue weighted by molar-refractivity contribution is -0.118. The fraction of sp³-hybridized carbons (Fsp3) is 0.600. The van der Waals surface area contributed by atoms with Gasteiger partial charge in [0, 0.05) is 12.1 Å². The van der Waals surface area contributed by atoms with Crippen LogP contribution >= 0.6 is 0 Å². The standard InChI is InChI=1S/C15H19NO2/c17-14-7-3-6-13-15(14,8-9-16-10-14)11-4-1-2-5-12(11)18-13/h1-2,4-5,13,16-17H,3,6-10H2. The molecule has 1 aromatic carbocycles. The first-order chi connectivity index (χ1) is 8.76. The van der Waals surface area contributed by atoms with E-state index >= 15 is 0 Å². The Kier molecular flexibility index (Phi) is 2.10. The fourth-order valence-electron chi connectivity index (χ4n) is 4.38. The summed E-state index contributed by atoms with van der Waals surface area (Å²) in [5.74, 6) is 0.990. The van der Waals surface area contributed by atoms with E-state index in [4.69, 9.17) is 4.74 Å². The van der Waals surface area contributed by atoms with Gasteiger partial charge < -0.3 is 15.2 Å². The van der Waals surface area contributed by atoms with Crippen molar-refractivity contribution in [3.63, 3.8) is 0 Å². The smallest absolute Gasteiger partial charge is 0.123 e. The molecule has 1 aromatic rings. The van der Waals surface area contributed by atoms with Crippen LogP contribution in [0.5, 0.6) is 5.75 Å². The van der Waals surface area contributed by atoms with Crippen LogP contribution in [0.15, 0.2) is 24.3 Å². The number of hydrogen-bond donors (Lipinski definition) is 2. The van der Waals surface area contributed by atoms with Crippen molar-refractivity contribution in [1.82, 2.24) is 5.32 Å². The third-order valence-corrected chi connectivity index (χ3v) is 5.19. The molecule has 96 valence electrons. The Balaban J connectivity index is 1.93. The van der Waals surface area contributed by atoms with E-state index < -0.39 is 5.60 Å². The largest absolute Gasteiger partial charge is 0.489 e. The summed E-state index contributed by atoms with van der Waals surface area (Å²) in [6.07, 6.45) is 4.14. The summed E-state index contributed by atoms with van der Waals surface area (Å²) in [5, 5.41) is 14.5. The summed E-state index contributed by atoms with van der Waals surface area (Å²) in [6, 6.07) is 8.28. The molecule has 2 N–H and O–H groups in total. The monoisotopic (exact) mass is 245 g/mol. The van der Waals surface area contributed by atoms with Crippen molar-refractivity contribution in [3.8, 4) is 5.75 Å². The van der Waals surface area contributed by atoms with Crippen LogP contribution < -0.4 is 10.1 Å². The molecule has 3 aliphatic rings. The van der Waals surface area contributed by atoms with Crippen LogP contribution in [-0.4, -0.2) is 29.9 Å². The molecular formula is C15H19NO2. The molecule has 3 unspecified atom stereocenters. The SMILES string of the molecule is OC12CCCC3Oc4ccccc4C31CCNC2. The van der Waals surface area contributed by atoms with Gasteiger partial charge in [0.15, 0.2) is 0 Å². The van der Waals surface area contributed by atoms with Crippen LogP contribution in [0.25, 0.3) is 0 Å². The lowest BCUT2D eigenvalue weighted by Gasteiger charge is -2.53. The molecule has 1 aliphatic carbocycles. The van der Waals surface area contributed by atoms with E-state index in [9.17, 15) is 5.11 Å². The zero-order valence-corrected chi connectivity index (χ0v) is 10.5. The van der Waals surface area contributed by atoms with Gasteiger partial charge in [0.2, 0.25) is 0 Å².